The van der Waals surface area contributed by atoms with Crippen LogP contribution in [0, 0.1) is 5.92 Å². The molecule has 0 bridgehead atoms. The van der Waals surface area contributed by atoms with Gasteiger partial charge < -0.3 is 9.64 Å². The lowest BCUT2D eigenvalue weighted by atomic mass is 10.1. The first-order chi connectivity index (χ1) is 8.70. The molecule has 1 aliphatic rings. The first-order valence-electron chi connectivity index (χ1n) is 6.04. The van der Waals surface area contributed by atoms with Gasteiger partial charge in [0.1, 0.15) is 0 Å². The number of amides is 1. The molecule has 2 heterocycles. The SMILES string of the molecule is CCOC(=O)[C@H]1CC(=O)N(Cc2cccnc2)C1. The number of pyridine rings is 1. The number of carbonyl (C=O) groups excluding carboxylic acids is 2. The van der Waals surface area contributed by atoms with Crippen molar-refractivity contribution in [2.75, 3.05) is 13.2 Å². The largest absolute Gasteiger partial charge is 0.466 e. The summed E-state index contributed by atoms with van der Waals surface area (Å²) in [7, 11) is 0. The van der Waals surface area contributed by atoms with Crippen molar-refractivity contribution in [1.29, 1.82) is 0 Å². The number of hydrogen-bond acceptors (Lipinski definition) is 4. The van der Waals surface area contributed by atoms with Crippen molar-refractivity contribution in [2.45, 2.75) is 19.9 Å². The second-order valence-electron chi connectivity index (χ2n) is 4.29. The average molecular weight is 248 g/mol. The average Bonchev–Trinajstić information content (AvgIpc) is 2.73. The summed E-state index contributed by atoms with van der Waals surface area (Å²) in [5.41, 5.74) is 0.968. The summed E-state index contributed by atoms with van der Waals surface area (Å²) in [6.07, 6.45) is 3.67. The molecule has 96 valence electrons. The van der Waals surface area contributed by atoms with Crippen molar-refractivity contribution in [2.24, 2.45) is 5.92 Å². The lowest BCUT2D eigenvalue weighted by Crippen LogP contribution is -2.26. The molecule has 5 heteroatoms. The maximum absolute atomic E-state index is 11.8. The van der Waals surface area contributed by atoms with Crippen molar-refractivity contribution in [1.82, 2.24) is 9.88 Å². The maximum Gasteiger partial charge on any atom is 0.311 e. The summed E-state index contributed by atoms with van der Waals surface area (Å²) < 4.78 is 4.94. The number of ether oxygens (including phenoxy) is 1. The standard InChI is InChI=1S/C13H16N2O3/c1-2-18-13(17)11-6-12(16)15(9-11)8-10-4-3-5-14-7-10/h3-5,7,11H,2,6,8-9H2,1H3/t11-/m0/s1. The van der Waals surface area contributed by atoms with Crippen LogP contribution in [0.5, 0.6) is 0 Å². The normalized spacial score (nSPS) is 19.1. The van der Waals surface area contributed by atoms with Crippen LogP contribution in [0.1, 0.15) is 18.9 Å². The Bertz CT molecular complexity index is 433. The van der Waals surface area contributed by atoms with E-state index in [0.717, 1.165) is 5.56 Å². The lowest BCUT2D eigenvalue weighted by Gasteiger charge is -2.16. The molecule has 1 aliphatic heterocycles. The summed E-state index contributed by atoms with van der Waals surface area (Å²) in [4.78, 5) is 29.1. The zero-order valence-electron chi connectivity index (χ0n) is 10.3. The van der Waals surface area contributed by atoms with Crippen LogP contribution in [0.2, 0.25) is 0 Å². The van der Waals surface area contributed by atoms with Crippen LogP contribution in [-0.4, -0.2) is 34.9 Å². The highest BCUT2D eigenvalue weighted by Crippen LogP contribution is 2.21. The molecule has 1 fully saturated rings. The van der Waals surface area contributed by atoms with Gasteiger partial charge in [-0.05, 0) is 18.6 Å². The van der Waals surface area contributed by atoms with Crippen LogP contribution in [-0.2, 0) is 20.9 Å². The molecule has 1 aromatic heterocycles. The first kappa shape index (κ1) is 12.5. The molecule has 1 aromatic rings. The quantitative estimate of drug-likeness (QED) is 0.746. The van der Waals surface area contributed by atoms with E-state index in [1.54, 1.807) is 24.2 Å². The molecule has 1 amide bonds. The fourth-order valence-electron chi connectivity index (χ4n) is 2.06. The lowest BCUT2D eigenvalue weighted by molar-refractivity contribution is -0.147. The van der Waals surface area contributed by atoms with Gasteiger partial charge in [-0.15, -0.1) is 0 Å². The molecular weight excluding hydrogens is 232 g/mol. The maximum atomic E-state index is 11.8. The molecule has 0 saturated carbocycles. The monoisotopic (exact) mass is 248 g/mol. The van der Waals surface area contributed by atoms with Gasteiger partial charge in [0.05, 0.1) is 12.5 Å². The number of carbonyl (C=O) groups is 2. The van der Waals surface area contributed by atoms with Crippen LogP contribution in [0.15, 0.2) is 24.5 Å². The van der Waals surface area contributed by atoms with E-state index in [2.05, 4.69) is 4.98 Å². The van der Waals surface area contributed by atoms with Gasteiger partial charge in [0, 0.05) is 31.9 Å². The van der Waals surface area contributed by atoms with Gasteiger partial charge >= 0.3 is 5.97 Å². The van der Waals surface area contributed by atoms with Gasteiger partial charge in [-0.3, -0.25) is 14.6 Å². The Kier molecular flexibility index (Phi) is 3.92. The number of likely N-dealkylation sites (tertiary alicyclic amines) is 1. The molecule has 5 nitrogen and oxygen atoms in total. The topological polar surface area (TPSA) is 59.5 Å². The Morgan fingerprint density at radius 1 is 1.61 bits per heavy atom. The molecule has 1 atom stereocenters. The third kappa shape index (κ3) is 2.85. The predicted octanol–water partition coefficient (Wildman–Crippen LogP) is 0.993. The number of rotatable bonds is 4. The van der Waals surface area contributed by atoms with Crippen molar-refractivity contribution >= 4 is 11.9 Å². The highest BCUT2D eigenvalue weighted by atomic mass is 16.5. The zero-order valence-corrected chi connectivity index (χ0v) is 10.3. The van der Waals surface area contributed by atoms with Crippen LogP contribution in [0.3, 0.4) is 0 Å². The highest BCUT2D eigenvalue weighted by Gasteiger charge is 2.35. The van der Waals surface area contributed by atoms with Gasteiger partial charge in [0.2, 0.25) is 5.91 Å². The number of esters is 1. The summed E-state index contributed by atoms with van der Waals surface area (Å²) in [6, 6.07) is 3.75. The van der Waals surface area contributed by atoms with Crippen molar-refractivity contribution in [3.05, 3.63) is 30.1 Å². The molecular formula is C13H16N2O3. The van der Waals surface area contributed by atoms with E-state index in [0.29, 0.717) is 19.7 Å². The van der Waals surface area contributed by atoms with Crippen molar-refractivity contribution < 1.29 is 14.3 Å². The third-order valence-corrected chi connectivity index (χ3v) is 2.93. The van der Waals surface area contributed by atoms with E-state index in [1.165, 1.54) is 0 Å². The summed E-state index contributed by atoms with van der Waals surface area (Å²) in [5.74, 6) is -0.606. The van der Waals surface area contributed by atoms with Gasteiger partial charge in [0.15, 0.2) is 0 Å². The Labute approximate surface area is 106 Å². The van der Waals surface area contributed by atoms with E-state index in [1.807, 2.05) is 12.1 Å². The summed E-state index contributed by atoms with van der Waals surface area (Å²) in [5, 5.41) is 0. The number of nitrogens with zero attached hydrogens (tertiary/aromatic N) is 2. The Morgan fingerprint density at radius 2 is 2.44 bits per heavy atom. The molecule has 0 aliphatic carbocycles. The molecule has 0 spiro atoms. The van der Waals surface area contributed by atoms with E-state index in [4.69, 9.17) is 4.74 Å². The smallest absolute Gasteiger partial charge is 0.311 e. The van der Waals surface area contributed by atoms with Crippen molar-refractivity contribution in [3.8, 4) is 0 Å². The second-order valence-corrected chi connectivity index (χ2v) is 4.29. The van der Waals surface area contributed by atoms with Crippen LogP contribution in [0.25, 0.3) is 0 Å². The minimum absolute atomic E-state index is 0.00286. The molecule has 1 saturated heterocycles. The van der Waals surface area contributed by atoms with E-state index in [9.17, 15) is 9.59 Å². The molecule has 2 rings (SSSR count). The molecule has 0 unspecified atom stereocenters. The van der Waals surface area contributed by atoms with Crippen molar-refractivity contribution in [3.63, 3.8) is 0 Å². The third-order valence-electron chi connectivity index (χ3n) is 2.93. The summed E-state index contributed by atoms with van der Waals surface area (Å²) in [6.45, 7) is 3.06. The Balaban J connectivity index is 1.95. The summed E-state index contributed by atoms with van der Waals surface area (Å²) >= 11 is 0. The van der Waals surface area contributed by atoms with Crippen LogP contribution in [0.4, 0.5) is 0 Å². The van der Waals surface area contributed by atoms with E-state index < -0.39 is 0 Å². The van der Waals surface area contributed by atoms with E-state index >= 15 is 0 Å². The predicted molar refractivity (Wildman–Crippen MR) is 64.4 cm³/mol. The van der Waals surface area contributed by atoms with Crippen LogP contribution < -0.4 is 0 Å². The van der Waals surface area contributed by atoms with Gasteiger partial charge in [-0.25, -0.2) is 0 Å². The number of hydrogen-bond donors (Lipinski definition) is 0. The zero-order chi connectivity index (χ0) is 13.0. The minimum Gasteiger partial charge on any atom is -0.466 e. The first-order valence-corrected chi connectivity index (χ1v) is 6.04. The Hall–Kier alpha value is -1.91. The minimum atomic E-state index is -0.325. The van der Waals surface area contributed by atoms with Gasteiger partial charge in [-0.2, -0.15) is 0 Å². The fraction of sp³-hybridized carbons (Fsp3) is 0.462. The molecule has 0 N–H and O–H groups in total. The second kappa shape index (κ2) is 5.62. The number of aromatic nitrogens is 1. The molecule has 18 heavy (non-hydrogen) atoms. The van der Waals surface area contributed by atoms with Crippen LogP contribution >= 0.6 is 0 Å². The highest BCUT2D eigenvalue weighted by molar-refractivity contribution is 5.86. The Morgan fingerprint density at radius 3 is 3.11 bits per heavy atom. The molecule has 0 aromatic carbocycles. The van der Waals surface area contributed by atoms with Gasteiger partial charge in [-0.1, -0.05) is 6.07 Å². The van der Waals surface area contributed by atoms with E-state index in [-0.39, 0.29) is 24.2 Å². The molecule has 0 radical (unpaired) electrons. The fourth-order valence-corrected chi connectivity index (χ4v) is 2.06. The van der Waals surface area contributed by atoms with Gasteiger partial charge in [0.25, 0.3) is 0 Å².